The third-order valence-corrected chi connectivity index (χ3v) is 5.48. The fraction of sp³-hybridized carbons (Fsp3) is 0.950. The van der Waals surface area contributed by atoms with Gasteiger partial charge in [0.25, 0.3) is 0 Å². The molecule has 1 rings (SSSR count). The summed E-state index contributed by atoms with van der Waals surface area (Å²) in [6.07, 6.45) is 21.7. The van der Waals surface area contributed by atoms with Crippen molar-refractivity contribution in [3.8, 4) is 0 Å². The van der Waals surface area contributed by atoms with Crippen LogP contribution in [0.4, 0.5) is 0 Å². The van der Waals surface area contributed by atoms with E-state index in [0.717, 1.165) is 0 Å². The van der Waals surface area contributed by atoms with Gasteiger partial charge in [0, 0.05) is 0 Å². The van der Waals surface area contributed by atoms with Crippen molar-refractivity contribution in [2.24, 2.45) is 5.41 Å². The van der Waals surface area contributed by atoms with E-state index < -0.39 is 0 Å². The molecule has 0 aliphatic heterocycles. The second-order valence-electron chi connectivity index (χ2n) is 7.11. The van der Waals surface area contributed by atoms with Crippen LogP contribution in [0.3, 0.4) is 0 Å². The van der Waals surface area contributed by atoms with Crippen molar-refractivity contribution in [2.75, 3.05) is 0 Å². The Balaban J connectivity index is 2.79. The largest absolute Gasteiger partial charge is 0.0654 e. The molecule has 1 aliphatic rings. The smallest absolute Gasteiger partial charge is 0.0179 e. The molecule has 1 saturated carbocycles. The summed E-state index contributed by atoms with van der Waals surface area (Å²) in [5, 5.41) is 0. The SMILES string of the molecule is CCCC[C]1CCCCCCC1(CCCC)CCCC. The lowest BCUT2D eigenvalue weighted by Gasteiger charge is -2.43. The molecule has 1 radical (unpaired) electrons. The highest BCUT2D eigenvalue weighted by Gasteiger charge is 2.37. The molecule has 0 amide bonds. The van der Waals surface area contributed by atoms with Gasteiger partial charge in [-0.15, -0.1) is 0 Å². The minimum Gasteiger partial charge on any atom is -0.0654 e. The lowest BCUT2D eigenvalue weighted by molar-refractivity contribution is 0.184. The molecule has 0 saturated heterocycles. The molecule has 1 aliphatic carbocycles. The van der Waals surface area contributed by atoms with E-state index in [9.17, 15) is 0 Å². The zero-order valence-corrected chi connectivity index (χ0v) is 14.6. The van der Waals surface area contributed by atoms with Gasteiger partial charge in [-0.3, -0.25) is 0 Å². The van der Waals surface area contributed by atoms with E-state index in [0.29, 0.717) is 5.41 Å². The summed E-state index contributed by atoms with van der Waals surface area (Å²) in [4.78, 5) is 0. The maximum atomic E-state index is 2.36. The standard InChI is InChI=1S/C20H39/c1-4-7-14-19-15-12-10-11-13-18-20(19,16-8-5-2)17-9-6-3/h4-18H2,1-3H3. The lowest BCUT2D eigenvalue weighted by atomic mass is 9.62. The van der Waals surface area contributed by atoms with Gasteiger partial charge in [0.05, 0.1) is 0 Å². The third kappa shape index (κ3) is 5.78. The fourth-order valence-electron chi connectivity index (χ4n) is 4.14. The van der Waals surface area contributed by atoms with Crippen LogP contribution in [0.2, 0.25) is 0 Å². The summed E-state index contributed by atoms with van der Waals surface area (Å²) in [5.74, 6) is 1.99. The van der Waals surface area contributed by atoms with Crippen molar-refractivity contribution < 1.29 is 0 Å². The second-order valence-corrected chi connectivity index (χ2v) is 7.11. The molecule has 0 spiro atoms. The Bertz CT molecular complexity index is 203. The Morgan fingerprint density at radius 2 is 1.35 bits per heavy atom. The predicted molar refractivity (Wildman–Crippen MR) is 92.0 cm³/mol. The third-order valence-electron chi connectivity index (χ3n) is 5.48. The Morgan fingerprint density at radius 3 is 1.95 bits per heavy atom. The highest BCUT2D eigenvalue weighted by atomic mass is 14.4. The first-order valence-electron chi connectivity index (χ1n) is 9.64. The van der Waals surface area contributed by atoms with Gasteiger partial charge in [-0.1, -0.05) is 85.0 Å². The van der Waals surface area contributed by atoms with Gasteiger partial charge in [-0.25, -0.2) is 0 Å². The van der Waals surface area contributed by atoms with Crippen molar-refractivity contribution in [3.63, 3.8) is 0 Å². The van der Waals surface area contributed by atoms with Gasteiger partial charge < -0.3 is 0 Å². The number of hydrogen-bond donors (Lipinski definition) is 0. The highest BCUT2D eigenvalue weighted by Crippen LogP contribution is 2.50. The van der Waals surface area contributed by atoms with Gasteiger partial charge in [-0.05, 0) is 43.4 Å². The van der Waals surface area contributed by atoms with Crippen LogP contribution >= 0.6 is 0 Å². The molecular formula is C20H39. The highest BCUT2D eigenvalue weighted by molar-refractivity contribution is 5.07. The summed E-state index contributed by atoms with van der Waals surface area (Å²) in [7, 11) is 0. The van der Waals surface area contributed by atoms with E-state index in [1.165, 1.54) is 96.3 Å². The number of rotatable bonds is 9. The van der Waals surface area contributed by atoms with E-state index in [1.807, 2.05) is 5.92 Å². The zero-order valence-electron chi connectivity index (χ0n) is 14.6. The molecule has 0 heterocycles. The Kier molecular flexibility index (Phi) is 9.65. The molecule has 0 aromatic rings. The summed E-state index contributed by atoms with van der Waals surface area (Å²) >= 11 is 0. The van der Waals surface area contributed by atoms with Crippen LogP contribution in [-0.2, 0) is 0 Å². The predicted octanol–water partition coefficient (Wildman–Crippen LogP) is 7.47. The normalized spacial score (nSPS) is 20.6. The molecule has 0 N–H and O–H groups in total. The maximum absolute atomic E-state index is 2.36. The van der Waals surface area contributed by atoms with Crippen LogP contribution < -0.4 is 0 Å². The molecule has 0 bridgehead atoms. The summed E-state index contributed by atoms with van der Waals surface area (Å²) < 4.78 is 0. The summed E-state index contributed by atoms with van der Waals surface area (Å²) in [6, 6.07) is 0. The molecule has 0 heteroatoms. The van der Waals surface area contributed by atoms with Crippen LogP contribution in [0.1, 0.15) is 117 Å². The Labute approximate surface area is 129 Å². The first-order valence-corrected chi connectivity index (χ1v) is 9.64. The van der Waals surface area contributed by atoms with Crippen molar-refractivity contribution >= 4 is 0 Å². The molecule has 0 aromatic carbocycles. The van der Waals surface area contributed by atoms with E-state index in [4.69, 9.17) is 0 Å². The first-order chi connectivity index (χ1) is 9.79. The van der Waals surface area contributed by atoms with E-state index in [1.54, 1.807) is 0 Å². The van der Waals surface area contributed by atoms with Gasteiger partial charge >= 0.3 is 0 Å². The van der Waals surface area contributed by atoms with Crippen LogP contribution in [0.25, 0.3) is 0 Å². The average molecular weight is 280 g/mol. The summed E-state index contributed by atoms with van der Waals surface area (Å²) in [6.45, 7) is 7.08. The van der Waals surface area contributed by atoms with Gasteiger partial charge in [-0.2, -0.15) is 0 Å². The van der Waals surface area contributed by atoms with Crippen LogP contribution in [0, 0.1) is 11.3 Å². The minimum atomic E-state index is 0.640. The lowest BCUT2D eigenvalue weighted by Crippen LogP contribution is -2.31. The molecule has 0 unspecified atom stereocenters. The Hall–Kier alpha value is 0. The quantitative estimate of drug-likeness (QED) is 0.410. The van der Waals surface area contributed by atoms with E-state index in [2.05, 4.69) is 20.8 Å². The molecule has 0 nitrogen and oxygen atoms in total. The molecule has 1 fully saturated rings. The van der Waals surface area contributed by atoms with Crippen LogP contribution in [-0.4, -0.2) is 0 Å². The van der Waals surface area contributed by atoms with Crippen molar-refractivity contribution in [1.29, 1.82) is 0 Å². The fourth-order valence-corrected chi connectivity index (χ4v) is 4.14. The molecule has 0 aromatic heterocycles. The zero-order chi connectivity index (χ0) is 14.7. The van der Waals surface area contributed by atoms with Crippen molar-refractivity contribution in [3.05, 3.63) is 5.92 Å². The first kappa shape index (κ1) is 18.1. The molecule has 119 valence electrons. The summed E-state index contributed by atoms with van der Waals surface area (Å²) in [5.41, 5.74) is 0.640. The topological polar surface area (TPSA) is 0 Å². The number of unbranched alkanes of at least 4 members (excludes halogenated alkanes) is 3. The van der Waals surface area contributed by atoms with Crippen molar-refractivity contribution in [2.45, 2.75) is 117 Å². The second kappa shape index (κ2) is 10.7. The van der Waals surface area contributed by atoms with E-state index >= 15 is 0 Å². The minimum absolute atomic E-state index is 0.640. The molecular weight excluding hydrogens is 240 g/mol. The van der Waals surface area contributed by atoms with Gasteiger partial charge in [0.1, 0.15) is 0 Å². The number of hydrogen-bond acceptors (Lipinski definition) is 0. The average Bonchev–Trinajstić information content (AvgIpc) is 2.45. The van der Waals surface area contributed by atoms with Gasteiger partial charge in [0.15, 0.2) is 0 Å². The van der Waals surface area contributed by atoms with Crippen LogP contribution in [0.15, 0.2) is 0 Å². The molecule has 0 atom stereocenters. The van der Waals surface area contributed by atoms with Crippen molar-refractivity contribution in [1.82, 2.24) is 0 Å². The van der Waals surface area contributed by atoms with Crippen LogP contribution in [0.5, 0.6) is 0 Å². The monoisotopic (exact) mass is 279 g/mol. The Morgan fingerprint density at radius 1 is 0.750 bits per heavy atom. The maximum Gasteiger partial charge on any atom is -0.0179 e. The molecule has 20 heavy (non-hydrogen) atoms. The van der Waals surface area contributed by atoms with E-state index in [-0.39, 0.29) is 0 Å². The van der Waals surface area contributed by atoms with Gasteiger partial charge in [0.2, 0.25) is 0 Å².